The van der Waals surface area contributed by atoms with Crippen molar-refractivity contribution >= 4 is 11.9 Å². The number of amides is 1. The first kappa shape index (κ1) is 14.6. The number of rotatable bonds is 4. The van der Waals surface area contributed by atoms with Gasteiger partial charge in [-0.15, -0.1) is 0 Å². The molecule has 0 saturated heterocycles. The summed E-state index contributed by atoms with van der Waals surface area (Å²) in [6.07, 6.45) is 3.58. The van der Waals surface area contributed by atoms with Crippen LogP contribution >= 0.6 is 0 Å². The first-order chi connectivity index (χ1) is 9.45. The van der Waals surface area contributed by atoms with Crippen LogP contribution in [0.15, 0.2) is 24.3 Å². The van der Waals surface area contributed by atoms with Crippen LogP contribution in [0.1, 0.15) is 43.7 Å². The molecule has 1 fully saturated rings. The lowest BCUT2D eigenvalue weighted by atomic mass is 9.77. The summed E-state index contributed by atoms with van der Waals surface area (Å²) in [4.78, 5) is 23.5. The van der Waals surface area contributed by atoms with E-state index in [2.05, 4.69) is 5.32 Å². The fourth-order valence-electron chi connectivity index (χ4n) is 2.96. The molecule has 0 aliphatic heterocycles. The van der Waals surface area contributed by atoms with Crippen molar-refractivity contribution in [1.29, 1.82) is 0 Å². The molecule has 1 saturated carbocycles. The normalized spacial score (nSPS) is 18.5. The zero-order chi connectivity index (χ0) is 14.8. The van der Waals surface area contributed by atoms with E-state index in [1.165, 1.54) is 6.92 Å². The van der Waals surface area contributed by atoms with Gasteiger partial charge in [0.05, 0.1) is 5.41 Å². The summed E-state index contributed by atoms with van der Waals surface area (Å²) in [6.45, 7) is 3.50. The molecule has 0 unspecified atom stereocenters. The molecule has 0 heterocycles. The Morgan fingerprint density at radius 1 is 1.30 bits per heavy atom. The average molecular weight is 275 g/mol. The standard InChI is InChI=1S/C16H21NO3/c1-11-6-5-7-13(10-11)16(8-3-4-9-16)15(20)17-12(2)14(18)19/h5-7,10,12H,3-4,8-9H2,1-2H3,(H,17,20)(H,18,19)/t12-/m1/s1. The van der Waals surface area contributed by atoms with Gasteiger partial charge in [0.2, 0.25) is 5.91 Å². The number of aryl methyl sites for hydroxylation is 1. The molecule has 0 spiro atoms. The molecule has 108 valence electrons. The molecular weight excluding hydrogens is 254 g/mol. The second kappa shape index (κ2) is 5.65. The van der Waals surface area contributed by atoms with Crippen molar-refractivity contribution in [1.82, 2.24) is 5.32 Å². The number of hydrogen-bond donors (Lipinski definition) is 2. The monoisotopic (exact) mass is 275 g/mol. The minimum Gasteiger partial charge on any atom is -0.480 e. The van der Waals surface area contributed by atoms with Gasteiger partial charge in [-0.25, -0.2) is 0 Å². The molecule has 1 aromatic rings. The van der Waals surface area contributed by atoms with Gasteiger partial charge in [0.1, 0.15) is 6.04 Å². The summed E-state index contributed by atoms with van der Waals surface area (Å²) in [5, 5.41) is 11.6. The van der Waals surface area contributed by atoms with Gasteiger partial charge in [-0.05, 0) is 32.3 Å². The Hall–Kier alpha value is -1.84. The highest BCUT2D eigenvalue weighted by molar-refractivity contribution is 5.91. The first-order valence-electron chi connectivity index (χ1n) is 7.07. The Morgan fingerprint density at radius 2 is 1.95 bits per heavy atom. The van der Waals surface area contributed by atoms with Gasteiger partial charge < -0.3 is 10.4 Å². The van der Waals surface area contributed by atoms with Crippen molar-refractivity contribution in [2.75, 3.05) is 0 Å². The molecule has 1 amide bonds. The highest BCUT2D eigenvalue weighted by Crippen LogP contribution is 2.41. The van der Waals surface area contributed by atoms with Gasteiger partial charge in [-0.3, -0.25) is 9.59 Å². The molecule has 4 nitrogen and oxygen atoms in total. The minimum atomic E-state index is -1.00. The molecule has 1 aliphatic rings. The predicted octanol–water partition coefficient (Wildman–Crippen LogP) is 2.40. The fourth-order valence-corrected chi connectivity index (χ4v) is 2.96. The molecule has 1 aliphatic carbocycles. The van der Waals surface area contributed by atoms with E-state index < -0.39 is 17.4 Å². The van der Waals surface area contributed by atoms with Gasteiger partial charge >= 0.3 is 5.97 Å². The third-order valence-electron chi connectivity index (χ3n) is 4.18. The lowest BCUT2D eigenvalue weighted by molar-refractivity contribution is -0.142. The second-order valence-corrected chi connectivity index (χ2v) is 5.69. The van der Waals surface area contributed by atoms with Crippen LogP contribution in [-0.2, 0) is 15.0 Å². The molecule has 0 radical (unpaired) electrons. The third kappa shape index (κ3) is 2.69. The van der Waals surface area contributed by atoms with E-state index in [0.717, 1.165) is 36.8 Å². The number of carbonyl (C=O) groups excluding carboxylic acids is 1. The maximum absolute atomic E-state index is 12.6. The van der Waals surface area contributed by atoms with Crippen molar-refractivity contribution in [3.63, 3.8) is 0 Å². The SMILES string of the molecule is Cc1cccc(C2(C(=O)N[C@H](C)C(=O)O)CCCC2)c1. The van der Waals surface area contributed by atoms with E-state index in [4.69, 9.17) is 5.11 Å². The van der Waals surface area contributed by atoms with E-state index in [1.54, 1.807) is 0 Å². The molecule has 20 heavy (non-hydrogen) atoms. The summed E-state index contributed by atoms with van der Waals surface area (Å²) in [6, 6.07) is 7.12. The number of carboxylic acid groups (broad SMARTS) is 1. The van der Waals surface area contributed by atoms with E-state index in [1.807, 2.05) is 31.2 Å². The highest BCUT2D eigenvalue weighted by atomic mass is 16.4. The third-order valence-corrected chi connectivity index (χ3v) is 4.18. The van der Waals surface area contributed by atoms with Gasteiger partial charge in [0.15, 0.2) is 0 Å². The van der Waals surface area contributed by atoms with Crippen molar-refractivity contribution in [2.24, 2.45) is 0 Å². The molecule has 0 aromatic heterocycles. The average Bonchev–Trinajstić information content (AvgIpc) is 2.89. The van der Waals surface area contributed by atoms with Gasteiger partial charge in [0, 0.05) is 0 Å². The van der Waals surface area contributed by atoms with Gasteiger partial charge in [-0.1, -0.05) is 42.7 Å². The molecule has 2 rings (SSSR count). The smallest absolute Gasteiger partial charge is 0.325 e. The van der Waals surface area contributed by atoms with E-state index in [0.29, 0.717) is 0 Å². The number of carboxylic acids is 1. The maximum Gasteiger partial charge on any atom is 0.325 e. The topological polar surface area (TPSA) is 66.4 Å². The number of nitrogens with one attached hydrogen (secondary N) is 1. The van der Waals surface area contributed by atoms with Crippen LogP contribution in [0, 0.1) is 6.92 Å². The zero-order valence-electron chi connectivity index (χ0n) is 12.0. The summed E-state index contributed by atoms with van der Waals surface area (Å²) in [5.74, 6) is -1.16. The van der Waals surface area contributed by atoms with Crippen LogP contribution in [0.2, 0.25) is 0 Å². The van der Waals surface area contributed by atoms with E-state index >= 15 is 0 Å². The maximum atomic E-state index is 12.6. The van der Waals surface area contributed by atoms with Crippen LogP contribution in [0.3, 0.4) is 0 Å². The first-order valence-corrected chi connectivity index (χ1v) is 7.07. The zero-order valence-corrected chi connectivity index (χ0v) is 12.0. The Labute approximate surface area is 119 Å². The van der Waals surface area contributed by atoms with Gasteiger partial charge in [-0.2, -0.15) is 0 Å². The highest BCUT2D eigenvalue weighted by Gasteiger charge is 2.43. The number of benzene rings is 1. The Kier molecular flexibility index (Phi) is 4.12. The molecular formula is C16H21NO3. The molecule has 4 heteroatoms. The van der Waals surface area contributed by atoms with Crippen LogP contribution in [0.5, 0.6) is 0 Å². The fraction of sp³-hybridized carbons (Fsp3) is 0.500. The molecule has 1 aromatic carbocycles. The summed E-state index contributed by atoms with van der Waals surface area (Å²) in [5.41, 5.74) is 1.56. The van der Waals surface area contributed by atoms with Gasteiger partial charge in [0.25, 0.3) is 0 Å². The van der Waals surface area contributed by atoms with Crippen LogP contribution in [-0.4, -0.2) is 23.0 Å². The van der Waals surface area contributed by atoms with Crippen molar-refractivity contribution in [2.45, 2.75) is 51.0 Å². The Bertz CT molecular complexity index is 518. The quantitative estimate of drug-likeness (QED) is 0.886. The van der Waals surface area contributed by atoms with Crippen LogP contribution < -0.4 is 5.32 Å². The van der Waals surface area contributed by atoms with E-state index in [9.17, 15) is 9.59 Å². The summed E-state index contributed by atoms with van der Waals surface area (Å²) < 4.78 is 0. The van der Waals surface area contributed by atoms with Crippen molar-refractivity contribution < 1.29 is 14.7 Å². The number of aliphatic carboxylic acids is 1. The second-order valence-electron chi connectivity index (χ2n) is 5.69. The summed E-state index contributed by atoms with van der Waals surface area (Å²) in [7, 11) is 0. The van der Waals surface area contributed by atoms with Crippen molar-refractivity contribution in [3.05, 3.63) is 35.4 Å². The molecule has 0 bridgehead atoms. The van der Waals surface area contributed by atoms with Crippen molar-refractivity contribution in [3.8, 4) is 0 Å². The van der Waals surface area contributed by atoms with Crippen LogP contribution in [0.4, 0.5) is 0 Å². The predicted molar refractivity (Wildman–Crippen MR) is 76.6 cm³/mol. The Balaban J connectivity index is 2.30. The lowest BCUT2D eigenvalue weighted by Crippen LogP contribution is -2.48. The van der Waals surface area contributed by atoms with Crippen LogP contribution in [0.25, 0.3) is 0 Å². The number of carbonyl (C=O) groups is 2. The Morgan fingerprint density at radius 3 is 2.50 bits per heavy atom. The minimum absolute atomic E-state index is 0.157. The largest absolute Gasteiger partial charge is 0.480 e. The van der Waals surface area contributed by atoms with E-state index in [-0.39, 0.29) is 5.91 Å². The molecule has 2 N–H and O–H groups in total. The lowest BCUT2D eigenvalue weighted by Gasteiger charge is -2.29. The number of hydrogen-bond acceptors (Lipinski definition) is 2. The molecule has 1 atom stereocenters. The summed E-state index contributed by atoms with van der Waals surface area (Å²) >= 11 is 0.